The predicted octanol–water partition coefficient (Wildman–Crippen LogP) is 4.63. The molecule has 0 aliphatic carbocycles. The molecule has 38 heavy (non-hydrogen) atoms. The summed E-state index contributed by atoms with van der Waals surface area (Å²) in [5.41, 5.74) is -0.0845. The molecule has 0 aromatic heterocycles. The number of hydrogen-bond donors (Lipinski definition) is 1. The SMILES string of the molecule is CCCNC(=O)[C@H](CC)N(CCc1ccccc1)C(=O)CCCN(c1cccc(C(F)(F)F)c1)S(C)(=O)=O. The lowest BCUT2D eigenvalue weighted by Gasteiger charge is -2.31. The van der Waals surface area contributed by atoms with Crippen molar-refractivity contribution in [1.82, 2.24) is 10.2 Å². The van der Waals surface area contributed by atoms with Gasteiger partial charge in [0.25, 0.3) is 0 Å². The molecule has 2 aromatic rings. The Hall–Kier alpha value is -3.08. The molecule has 2 amide bonds. The van der Waals surface area contributed by atoms with E-state index in [4.69, 9.17) is 0 Å². The number of halogens is 3. The maximum Gasteiger partial charge on any atom is 0.416 e. The zero-order chi connectivity index (χ0) is 28.3. The number of anilines is 1. The summed E-state index contributed by atoms with van der Waals surface area (Å²) in [6.07, 6.45) is -2.04. The third kappa shape index (κ3) is 9.34. The second-order valence-electron chi connectivity index (χ2n) is 9.02. The molecule has 0 saturated carbocycles. The fraction of sp³-hybridized carbons (Fsp3) is 0.481. The Morgan fingerprint density at radius 1 is 1.00 bits per heavy atom. The van der Waals surface area contributed by atoms with Gasteiger partial charge < -0.3 is 10.2 Å². The summed E-state index contributed by atoms with van der Waals surface area (Å²) in [4.78, 5) is 27.7. The van der Waals surface area contributed by atoms with Crippen LogP contribution >= 0.6 is 0 Å². The van der Waals surface area contributed by atoms with E-state index < -0.39 is 27.8 Å². The van der Waals surface area contributed by atoms with Gasteiger partial charge in [-0.1, -0.05) is 50.2 Å². The summed E-state index contributed by atoms with van der Waals surface area (Å²) >= 11 is 0. The molecule has 1 atom stereocenters. The number of carbonyl (C=O) groups is 2. The average molecular weight is 556 g/mol. The maximum atomic E-state index is 13.3. The predicted molar refractivity (Wildman–Crippen MR) is 142 cm³/mol. The Balaban J connectivity index is 2.19. The van der Waals surface area contributed by atoms with Crippen LogP contribution in [-0.4, -0.2) is 57.1 Å². The van der Waals surface area contributed by atoms with E-state index in [0.29, 0.717) is 25.9 Å². The van der Waals surface area contributed by atoms with Crippen LogP contribution in [0.3, 0.4) is 0 Å². The van der Waals surface area contributed by atoms with Gasteiger partial charge in [-0.2, -0.15) is 13.2 Å². The number of nitrogens with zero attached hydrogens (tertiary/aromatic N) is 2. The summed E-state index contributed by atoms with van der Waals surface area (Å²) in [6.45, 7) is 4.34. The lowest BCUT2D eigenvalue weighted by atomic mass is 10.1. The Morgan fingerprint density at radius 2 is 1.68 bits per heavy atom. The van der Waals surface area contributed by atoms with Crippen LogP contribution in [0.5, 0.6) is 0 Å². The molecule has 1 N–H and O–H groups in total. The molecule has 0 radical (unpaired) electrons. The lowest BCUT2D eigenvalue weighted by molar-refractivity contribution is -0.140. The number of benzene rings is 2. The van der Waals surface area contributed by atoms with E-state index in [0.717, 1.165) is 40.7 Å². The molecule has 0 bridgehead atoms. The number of alkyl halides is 3. The smallest absolute Gasteiger partial charge is 0.354 e. The fourth-order valence-corrected chi connectivity index (χ4v) is 5.06. The van der Waals surface area contributed by atoms with Gasteiger partial charge in [0.1, 0.15) is 6.04 Å². The van der Waals surface area contributed by atoms with Gasteiger partial charge >= 0.3 is 6.18 Å². The topological polar surface area (TPSA) is 86.8 Å². The van der Waals surface area contributed by atoms with Crippen molar-refractivity contribution in [2.24, 2.45) is 0 Å². The third-order valence-corrected chi connectivity index (χ3v) is 7.23. The van der Waals surface area contributed by atoms with Crippen molar-refractivity contribution >= 4 is 27.5 Å². The second-order valence-corrected chi connectivity index (χ2v) is 10.9. The Bertz CT molecular complexity index is 1160. The van der Waals surface area contributed by atoms with Gasteiger partial charge in [0.15, 0.2) is 0 Å². The number of nitrogens with one attached hydrogen (secondary N) is 1. The van der Waals surface area contributed by atoms with Gasteiger partial charge in [-0.05, 0) is 49.4 Å². The Morgan fingerprint density at radius 3 is 2.26 bits per heavy atom. The first-order chi connectivity index (χ1) is 17.9. The van der Waals surface area contributed by atoms with E-state index in [1.165, 1.54) is 11.0 Å². The van der Waals surface area contributed by atoms with E-state index in [1.54, 1.807) is 0 Å². The summed E-state index contributed by atoms with van der Waals surface area (Å²) in [7, 11) is -3.91. The van der Waals surface area contributed by atoms with Crippen molar-refractivity contribution < 1.29 is 31.2 Å². The van der Waals surface area contributed by atoms with Gasteiger partial charge in [-0.25, -0.2) is 8.42 Å². The Kier molecular flexibility index (Phi) is 11.6. The highest BCUT2D eigenvalue weighted by molar-refractivity contribution is 7.92. The van der Waals surface area contributed by atoms with Crippen LogP contribution in [-0.2, 0) is 32.2 Å². The van der Waals surface area contributed by atoms with Crippen molar-refractivity contribution in [3.63, 3.8) is 0 Å². The van der Waals surface area contributed by atoms with Crippen molar-refractivity contribution in [3.05, 3.63) is 65.7 Å². The van der Waals surface area contributed by atoms with Crippen molar-refractivity contribution in [2.45, 2.75) is 58.2 Å². The minimum Gasteiger partial charge on any atom is -0.354 e. The van der Waals surface area contributed by atoms with Crippen LogP contribution in [0.4, 0.5) is 18.9 Å². The van der Waals surface area contributed by atoms with Crippen molar-refractivity contribution in [3.8, 4) is 0 Å². The van der Waals surface area contributed by atoms with E-state index in [9.17, 15) is 31.2 Å². The van der Waals surface area contributed by atoms with Crippen LogP contribution in [0.1, 0.15) is 50.7 Å². The van der Waals surface area contributed by atoms with Crippen LogP contribution < -0.4 is 9.62 Å². The first kappa shape index (κ1) is 31.1. The highest BCUT2D eigenvalue weighted by Gasteiger charge is 2.32. The second kappa shape index (κ2) is 14.2. The molecular weight excluding hydrogens is 519 g/mol. The average Bonchev–Trinajstić information content (AvgIpc) is 2.87. The standard InChI is InChI=1S/C27H36F3N3O4S/c1-4-17-31-26(35)24(5-2)32(19-16-21-11-7-6-8-12-21)25(34)15-10-18-33(38(3,36)37)23-14-9-13-22(20-23)27(28,29)30/h6-9,11-14,20,24H,4-5,10,15-19H2,1-3H3,(H,31,35)/t24-/m0/s1. The molecule has 0 fully saturated rings. The first-order valence-electron chi connectivity index (χ1n) is 12.6. The van der Waals surface area contributed by atoms with Crippen molar-refractivity contribution in [1.29, 1.82) is 0 Å². The fourth-order valence-electron chi connectivity index (χ4n) is 4.10. The molecule has 2 aromatic carbocycles. The maximum absolute atomic E-state index is 13.3. The van der Waals surface area contributed by atoms with Gasteiger partial charge in [0.05, 0.1) is 17.5 Å². The third-order valence-electron chi connectivity index (χ3n) is 6.03. The zero-order valence-electron chi connectivity index (χ0n) is 22.0. The summed E-state index contributed by atoms with van der Waals surface area (Å²) in [6, 6.07) is 12.9. The molecule has 0 saturated heterocycles. The monoisotopic (exact) mass is 555 g/mol. The molecule has 11 heteroatoms. The number of hydrogen-bond acceptors (Lipinski definition) is 4. The first-order valence-corrected chi connectivity index (χ1v) is 14.5. The quantitative estimate of drug-likeness (QED) is 0.368. The number of amides is 2. The minimum atomic E-state index is -4.62. The van der Waals surface area contributed by atoms with Gasteiger partial charge in [-0.15, -0.1) is 0 Å². The van der Waals surface area contributed by atoms with E-state index in [2.05, 4.69) is 5.32 Å². The highest BCUT2D eigenvalue weighted by Crippen LogP contribution is 2.32. The molecule has 7 nitrogen and oxygen atoms in total. The molecular formula is C27H36F3N3O4S. The van der Waals surface area contributed by atoms with Gasteiger partial charge in [-0.3, -0.25) is 13.9 Å². The van der Waals surface area contributed by atoms with E-state index in [-0.39, 0.29) is 36.9 Å². The van der Waals surface area contributed by atoms with Crippen molar-refractivity contribution in [2.75, 3.05) is 30.2 Å². The molecule has 2 rings (SSSR count). The zero-order valence-corrected chi connectivity index (χ0v) is 22.8. The summed E-state index contributed by atoms with van der Waals surface area (Å²) in [5, 5.41) is 2.84. The normalized spacial score (nSPS) is 12.6. The number of carbonyl (C=O) groups excluding carboxylic acids is 2. The van der Waals surface area contributed by atoms with Crippen LogP contribution in [0.2, 0.25) is 0 Å². The van der Waals surface area contributed by atoms with Crippen LogP contribution in [0.15, 0.2) is 54.6 Å². The van der Waals surface area contributed by atoms with Gasteiger partial charge in [0, 0.05) is 26.1 Å². The van der Waals surface area contributed by atoms with Gasteiger partial charge in [0.2, 0.25) is 21.8 Å². The number of sulfonamides is 1. The molecule has 0 unspecified atom stereocenters. The van der Waals surface area contributed by atoms with Crippen LogP contribution in [0.25, 0.3) is 0 Å². The van der Waals surface area contributed by atoms with E-state index >= 15 is 0 Å². The highest BCUT2D eigenvalue weighted by atomic mass is 32.2. The largest absolute Gasteiger partial charge is 0.416 e. The molecule has 0 heterocycles. The molecule has 0 aliphatic rings. The molecule has 0 spiro atoms. The Labute approximate surface area is 223 Å². The summed E-state index contributed by atoms with van der Waals surface area (Å²) in [5.74, 6) is -0.575. The lowest BCUT2D eigenvalue weighted by Crippen LogP contribution is -2.50. The summed E-state index contributed by atoms with van der Waals surface area (Å²) < 4.78 is 65.2. The van der Waals surface area contributed by atoms with E-state index in [1.807, 2.05) is 44.2 Å². The minimum absolute atomic E-state index is 0.0665. The van der Waals surface area contributed by atoms with Crippen LogP contribution in [0, 0.1) is 0 Å². The molecule has 0 aliphatic heterocycles. The molecule has 210 valence electrons. The number of rotatable bonds is 14.